The van der Waals surface area contributed by atoms with Crippen LogP contribution in [0, 0.1) is 0 Å². The van der Waals surface area contributed by atoms with Crippen molar-refractivity contribution in [2.24, 2.45) is 0 Å². The first-order valence-electron chi connectivity index (χ1n) is 5.44. The average molecular weight is 269 g/mol. The largest absolute Gasteiger partial charge is 0.497 e. The Morgan fingerprint density at radius 1 is 1.33 bits per heavy atom. The molecule has 0 atom stereocenters. The van der Waals surface area contributed by atoms with E-state index in [2.05, 4.69) is 4.98 Å². The lowest BCUT2D eigenvalue weighted by molar-refractivity contribution is 0.397. The lowest BCUT2D eigenvalue weighted by Crippen LogP contribution is -2.21. The Bertz CT molecular complexity index is 652. The van der Waals surface area contributed by atoms with Crippen molar-refractivity contribution < 1.29 is 9.47 Å². The average Bonchev–Trinajstić information content (AvgIpc) is 2.38. The minimum Gasteiger partial charge on any atom is -0.497 e. The summed E-state index contributed by atoms with van der Waals surface area (Å²) in [6.07, 6.45) is 0. The van der Waals surface area contributed by atoms with E-state index in [4.69, 9.17) is 21.1 Å². The molecule has 0 aliphatic carbocycles. The van der Waals surface area contributed by atoms with E-state index in [9.17, 15) is 4.79 Å². The highest BCUT2D eigenvalue weighted by Gasteiger charge is 2.13. The van der Waals surface area contributed by atoms with E-state index in [0.29, 0.717) is 28.9 Å². The summed E-state index contributed by atoms with van der Waals surface area (Å²) in [5.41, 5.74) is 0.239. The van der Waals surface area contributed by atoms with Gasteiger partial charge in [0.1, 0.15) is 17.0 Å². The van der Waals surface area contributed by atoms with Gasteiger partial charge in [-0.2, -0.15) is 0 Å². The zero-order valence-corrected chi connectivity index (χ0v) is 11.1. The van der Waals surface area contributed by atoms with Crippen LogP contribution in [0.15, 0.2) is 16.9 Å². The van der Waals surface area contributed by atoms with Gasteiger partial charge in [0, 0.05) is 12.6 Å². The van der Waals surface area contributed by atoms with Crippen LogP contribution in [-0.4, -0.2) is 23.8 Å². The lowest BCUT2D eigenvalue weighted by atomic mass is 10.2. The number of rotatable bonds is 3. The van der Waals surface area contributed by atoms with Crippen LogP contribution in [0.4, 0.5) is 0 Å². The molecule has 0 aliphatic heterocycles. The highest BCUT2D eigenvalue weighted by molar-refractivity contribution is 6.28. The molecule has 0 saturated heterocycles. The van der Waals surface area contributed by atoms with Crippen LogP contribution in [0.3, 0.4) is 0 Å². The number of benzene rings is 1. The molecule has 0 saturated carbocycles. The molecule has 2 aromatic rings. The Kier molecular flexibility index (Phi) is 3.43. The fraction of sp³-hybridized carbons (Fsp3) is 0.333. The van der Waals surface area contributed by atoms with Gasteiger partial charge < -0.3 is 9.47 Å². The summed E-state index contributed by atoms with van der Waals surface area (Å²) in [5, 5.41) is 0.580. The fourth-order valence-electron chi connectivity index (χ4n) is 1.79. The smallest absolute Gasteiger partial charge is 0.262 e. The fourth-order valence-corrected chi connectivity index (χ4v) is 2.07. The first kappa shape index (κ1) is 12.7. The summed E-state index contributed by atoms with van der Waals surface area (Å²) in [4.78, 5) is 16.4. The molecular weight excluding hydrogens is 256 g/mol. The second-order valence-corrected chi connectivity index (χ2v) is 3.99. The first-order valence-corrected chi connectivity index (χ1v) is 5.82. The van der Waals surface area contributed by atoms with E-state index in [1.807, 2.05) is 6.92 Å². The standard InChI is InChI=1S/C12H13ClN2O3/c1-4-15-11(16)8-5-7(17-2)6-9(18-3)10(8)14-12(15)13/h5-6H,4H2,1-3H3. The topological polar surface area (TPSA) is 53.4 Å². The first-order chi connectivity index (χ1) is 8.62. The van der Waals surface area contributed by atoms with Crippen molar-refractivity contribution in [3.05, 3.63) is 27.8 Å². The summed E-state index contributed by atoms with van der Waals surface area (Å²) in [7, 11) is 3.04. The number of methoxy groups -OCH3 is 2. The van der Waals surface area contributed by atoms with Crippen LogP contribution in [0.1, 0.15) is 6.92 Å². The van der Waals surface area contributed by atoms with Gasteiger partial charge in [-0.25, -0.2) is 4.98 Å². The molecule has 18 heavy (non-hydrogen) atoms. The van der Waals surface area contributed by atoms with Crippen LogP contribution < -0.4 is 15.0 Å². The number of halogens is 1. The molecule has 6 heteroatoms. The van der Waals surface area contributed by atoms with Crippen LogP contribution in [-0.2, 0) is 6.54 Å². The Labute approximate surface area is 109 Å². The number of fused-ring (bicyclic) bond motifs is 1. The molecule has 0 aliphatic rings. The summed E-state index contributed by atoms with van der Waals surface area (Å²) < 4.78 is 11.7. The van der Waals surface area contributed by atoms with Crippen molar-refractivity contribution in [1.29, 1.82) is 0 Å². The van der Waals surface area contributed by atoms with Gasteiger partial charge in [-0.05, 0) is 24.6 Å². The molecule has 0 spiro atoms. The molecule has 0 N–H and O–H groups in total. The third-order valence-corrected chi connectivity index (χ3v) is 3.01. The molecule has 1 aromatic carbocycles. The van der Waals surface area contributed by atoms with Gasteiger partial charge in [0.25, 0.3) is 5.56 Å². The predicted molar refractivity (Wildman–Crippen MR) is 69.8 cm³/mol. The second-order valence-electron chi connectivity index (χ2n) is 3.66. The molecule has 0 bridgehead atoms. The van der Waals surface area contributed by atoms with Gasteiger partial charge >= 0.3 is 0 Å². The SMILES string of the molecule is CCn1c(Cl)nc2c(OC)cc(OC)cc2c1=O. The molecular formula is C12H13ClN2O3. The van der Waals surface area contributed by atoms with Gasteiger partial charge in [-0.3, -0.25) is 9.36 Å². The third-order valence-electron chi connectivity index (χ3n) is 2.72. The molecule has 0 fully saturated rings. The minimum atomic E-state index is -0.204. The van der Waals surface area contributed by atoms with Crippen molar-refractivity contribution in [2.75, 3.05) is 14.2 Å². The third kappa shape index (κ3) is 1.90. The van der Waals surface area contributed by atoms with E-state index < -0.39 is 0 Å². The van der Waals surface area contributed by atoms with Gasteiger partial charge in [-0.1, -0.05) is 0 Å². The monoisotopic (exact) mass is 268 g/mol. The van der Waals surface area contributed by atoms with Crippen molar-refractivity contribution in [3.63, 3.8) is 0 Å². The van der Waals surface area contributed by atoms with Crippen LogP contribution >= 0.6 is 11.6 Å². The van der Waals surface area contributed by atoms with Crippen molar-refractivity contribution in [3.8, 4) is 11.5 Å². The summed E-state index contributed by atoms with van der Waals surface area (Å²) in [6, 6.07) is 3.30. The Morgan fingerprint density at radius 2 is 2.06 bits per heavy atom. The maximum absolute atomic E-state index is 12.2. The zero-order chi connectivity index (χ0) is 13.3. The normalized spacial score (nSPS) is 10.7. The van der Waals surface area contributed by atoms with Crippen LogP contribution in [0.5, 0.6) is 11.5 Å². The van der Waals surface area contributed by atoms with Crippen molar-refractivity contribution in [1.82, 2.24) is 9.55 Å². The summed E-state index contributed by atoms with van der Waals surface area (Å²) >= 11 is 5.98. The molecule has 1 heterocycles. The molecule has 0 unspecified atom stereocenters. The second kappa shape index (κ2) is 4.86. The molecule has 5 nitrogen and oxygen atoms in total. The molecule has 1 aromatic heterocycles. The number of hydrogen-bond acceptors (Lipinski definition) is 4. The number of hydrogen-bond donors (Lipinski definition) is 0. The van der Waals surface area contributed by atoms with Crippen LogP contribution in [0.2, 0.25) is 5.28 Å². The molecule has 0 radical (unpaired) electrons. The zero-order valence-electron chi connectivity index (χ0n) is 10.4. The summed E-state index contributed by atoms with van der Waals surface area (Å²) in [6.45, 7) is 2.29. The highest BCUT2D eigenvalue weighted by Crippen LogP contribution is 2.28. The molecule has 96 valence electrons. The number of nitrogens with zero attached hydrogens (tertiary/aromatic N) is 2. The van der Waals surface area contributed by atoms with Gasteiger partial charge in [-0.15, -0.1) is 0 Å². The highest BCUT2D eigenvalue weighted by atomic mass is 35.5. The summed E-state index contributed by atoms with van der Waals surface area (Å²) in [5.74, 6) is 1.01. The quantitative estimate of drug-likeness (QED) is 0.800. The maximum atomic E-state index is 12.2. The van der Waals surface area contributed by atoms with E-state index in [-0.39, 0.29) is 10.8 Å². The number of ether oxygens (including phenoxy) is 2. The van der Waals surface area contributed by atoms with E-state index in [0.717, 1.165) is 0 Å². The Hall–Kier alpha value is -1.75. The van der Waals surface area contributed by atoms with Gasteiger partial charge in [0.15, 0.2) is 0 Å². The van der Waals surface area contributed by atoms with Gasteiger partial charge in [0.05, 0.1) is 19.6 Å². The Balaban J connectivity index is 2.92. The predicted octanol–water partition coefficient (Wildman–Crippen LogP) is 2.09. The number of aromatic nitrogens is 2. The van der Waals surface area contributed by atoms with E-state index >= 15 is 0 Å². The van der Waals surface area contributed by atoms with Crippen molar-refractivity contribution >= 4 is 22.5 Å². The molecule has 0 amide bonds. The van der Waals surface area contributed by atoms with E-state index in [1.54, 1.807) is 12.1 Å². The lowest BCUT2D eigenvalue weighted by Gasteiger charge is -2.10. The van der Waals surface area contributed by atoms with Gasteiger partial charge in [0.2, 0.25) is 5.28 Å². The molecule has 2 rings (SSSR count). The van der Waals surface area contributed by atoms with Crippen molar-refractivity contribution in [2.45, 2.75) is 13.5 Å². The minimum absolute atomic E-state index is 0.151. The van der Waals surface area contributed by atoms with E-state index in [1.165, 1.54) is 18.8 Å². The Morgan fingerprint density at radius 3 is 2.61 bits per heavy atom. The maximum Gasteiger partial charge on any atom is 0.262 e. The van der Waals surface area contributed by atoms with Crippen LogP contribution in [0.25, 0.3) is 10.9 Å².